The van der Waals surface area contributed by atoms with Crippen LogP contribution in [0.25, 0.3) is 33.5 Å². The molecule has 0 radical (unpaired) electrons. The molecule has 0 fully saturated rings. The quantitative estimate of drug-likeness (QED) is 0.559. The summed E-state index contributed by atoms with van der Waals surface area (Å²) in [7, 11) is 3.92. The number of fused-ring (bicyclic) bond motifs is 2. The second-order valence-corrected chi connectivity index (χ2v) is 6.30. The van der Waals surface area contributed by atoms with E-state index in [0.29, 0.717) is 34.2 Å². The van der Waals surface area contributed by atoms with Gasteiger partial charge in [0.05, 0.1) is 19.7 Å². The molecule has 0 saturated carbocycles. The van der Waals surface area contributed by atoms with Crippen molar-refractivity contribution in [2.75, 3.05) is 14.1 Å². The lowest BCUT2D eigenvalue weighted by Gasteiger charge is -2.11. The van der Waals surface area contributed by atoms with Crippen molar-refractivity contribution in [1.29, 1.82) is 0 Å². The van der Waals surface area contributed by atoms with Crippen LogP contribution in [-0.2, 0) is 6.54 Å². The van der Waals surface area contributed by atoms with Crippen molar-refractivity contribution < 1.29 is 18.8 Å². The maximum atomic E-state index is 12.5. The molecule has 0 atom stereocenters. The molecule has 6 heteroatoms. The Balaban J connectivity index is 1.93. The first kappa shape index (κ1) is 15.4. The van der Waals surface area contributed by atoms with Gasteiger partial charge in [0.15, 0.2) is 11.2 Å². The van der Waals surface area contributed by atoms with E-state index in [-0.39, 0.29) is 17.2 Å². The fraction of sp³-hybridized carbons (Fsp3) is 0.158. The molecule has 0 aliphatic rings. The molecule has 2 aromatic carbocycles. The highest BCUT2D eigenvalue weighted by Gasteiger charge is 2.18. The van der Waals surface area contributed by atoms with E-state index in [9.17, 15) is 9.90 Å². The number of quaternary nitrogens is 1. The number of hydrogen-bond donors (Lipinski definition) is 2. The third-order valence-electron chi connectivity index (χ3n) is 4.04. The van der Waals surface area contributed by atoms with Crippen molar-refractivity contribution in [1.82, 2.24) is 4.98 Å². The van der Waals surface area contributed by atoms with Gasteiger partial charge in [0.25, 0.3) is 0 Å². The molecule has 2 heterocycles. The van der Waals surface area contributed by atoms with Crippen LogP contribution in [0.2, 0.25) is 0 Å². The molecular formula is C19H17N2O4+. The van der Waals surface area contributed by atoms with Crippen molar-refractivity contribution in [3.63, 3.8) is 0 Å². The maximum Gasteiger partial charge on any atom is 0.349 e. The van der Waals surface area contributed by atoms with Crippen molar-refractivity contribution in [3.8, 4) is 17.2 Å². The molecule has 0 unspecified atom stereocenters. The molecule has 0 amide bonds. The Morgan fingerprint density at radius 3 is 2.68 bits per heavy atom. The molecule has 0 aliphatic carbocycles. The second kappa shape index (κ2) is 5.75. The summed E-state index contributed by atoms with van der Waals surface area (Å²) in [5.41, 5.74) is 2.01. The minimum absolute atomic E-state index is 0.117. The Kier molecular flexibility index (Phi) is 3.54. The van der Waals surface area contributed by atoms with Crippen LogP contribution in [0.5, 0.6) is 5.75 Å². The number of rotatable bonds is 3. The molecule has 4 aromatic rings. The fourth-order valence-electron chi connectivity index (χ4n) is 2.89. The van der Waals surface area contributed by atoms with Gasteiger partial charge in [-0.05, 0) is 30.3 Å². The van der Waals surface area contributed by atoms with Crippen LogP contribution in [0.3, 0.4) is 0 Å². The standard InChI is InChI=1S/C19H16N2O4/c1-21(2)10-13-15(22)8-7-11-9-12(19(23)25-17(11)13)18-20-14-5-3-4-6-16(14)24-18/h3-9,22H,10H2,1-2H3/p+1. The Bertz CT molecular complexity index is 1110. The summed E-state index contributed by atoms with van der Waals surface area (Å²) in [5.74, 6) is 0.344. The van der Waals surface area contributed by atoms with E-state index in [1.54, 1.807) is 24.3 Å². The first-order chi connectivity index (χ1) is 12.0. The average molecular weight is 337 g/mol. The molecule has 25 heavy (non-hydrogen) atoms. The fourth-order valence-corrected chi connectivity index (χ4v) is 2.89. The Labute approximate surface area is 142 Å². The lowest BCUT2D eigenvalue weighted by molar-refractivity contribution is -0.872. The number of oxazole rings is 1. The summed E-state index contributed by atoms with van der Waals surface area (Å²) < 4.78 is 11.2. The smallest absolute Gasteiger partial charge is 0.349 e. The molecule has 6 nitrogen and oxygen atoms in total. The summed E-state index contributed by atoms with van der Waals surface area (Å²) in [4.78, 5) is 18.0. The summed E-state index contributed by atoms with van der Waals surface area (Å²) >= 11 is 0. The minimum atomic E-state index is -0.542. The number of aromatic hydroxyl groups is 1. The van der Waals surface area contributed by atoms with Gasteiger partial charge in [0.2, 0.25) is 5.89 Å². The van der Waals surface area contributed by atoms with Gasteiger partial charge in [0, 0.05) is 5.39 Å². The van der Waals surface area contributed by atoms with E-state index >= 15 is 0 Å². The van der Waals surface area contributed by atoms with Gasteiger partial charge in [-0.1, -0.05) is 12.1 Å². The predicted molar refractivity (Wildman–Crippen MR) is 93.7 cm³/mol. The van der Waals surface area contributed by atoms with Gasteiger partial charge in [-0.15, -0.1) is 0 Å². The first-order valence-electron chi connectivity index (χ1n) is 7.96. The average Bonchev–Trinajstić information content (AvgIpc) is 3.01. The third-order valence-corrected chi connectivity index (χ3v) is 4.04. The summed E-state index contributed by atoms with van der Waals surface area (Å²) in [6.07, 6.45) is 0. The molecule has 2 N–H and O–H groups in total. The predicted octanol–water partition coefficient (Wildman–Crippen LogP) is 1.95. The molecule has 4 rings (SSSR count). The minimum Gasteiger partial charge on any atom is -0.507 e. The number of nitrogens with zero attached hydrogens (tertiary/aromatic N) is 1. The van der Waals surface area contributed by atoms with Gasteiger partial charge in [-0.25, -0.2) is 9.78 Å². The number of aromatic nitrogens is 1. The number of phenols is 1. The zero-order valence-corrected chi connectivity index (χ0v) is 13.9. The van der Waals surface area contributed by atoms with Crippen molar-refractivity contribution in [3.05, 3.63) is 58.4 Å². The van der Waals surface area contributed by atoms with Crippen LogP contribution >= 0.6 is 0 Å². The molecule has 0 spiro atoms. The van der Waals surface area contributed by atoms with Crippen LogP contribution < -0.4 is 10.5 Å². The van der Waals surface area contributed by atoms with Gasteiger partial charge in [-0.2, -0.15) is 0 Å². The van der Waals surface area contributed by atoms with Crippen molar-refractivity contribution in [2.24, 2.45) is 0 Å². The number of benzene rings is 2. The Morgan fingerprint density at radius 2 is 1.92 bits per heavy atom. The highest BCUT2D eigenvalue weighted by Crippen LogP contribution is 2.29. The maximum absolute atomic E-state index is 12.5. The topological polar surface area (TPSA) is 80.9 Å². The SMILES string of the molecule is C[NH+](C)Cc1c(O)ccc2cc(-c3nc4ccccc4o3)c(=O)oc12. The molecule has 0 aliphatic heterocycles. The molecule has 0 saturated heterocycles. The zero-order chi connectivity index (χ0) is 17.6. The van der Waals surface area contributed by atoms with Crippen LogP contribution in [0.4, 0.5) is 0 Å². The number of nitrogens with one attached hydrogen (secondary N) is 1. The van der Waals surface area contributed by atoms with Gasteiger partial charge in [-0.3, -0.25) is 0 Å². The van der Waals surface area contributed by atoms with E-state index in [1.807, 2.05) is 32.3 Å². The van der Waals surface area contributed by atoms with Crippen LogP contribution in [0, 0.1) is 0 Å². The summed E-state index contributed by atoms with van der Waals surface area (Å²) in [6.45, 7) is 0.536. The summed E-state index contributed by atoms with van der Waals surface area (Å²) in [6, 6.07) is 12.3. The third kappa shape index (κ3) is 2.66. The highest BCUT2D eigenvalue weighted by atomic mass is 16.4. The van der Waals surface area contributed by atoms with E-state index in [1.165, 1.54) is 0 Å². The number of hydrogen-bond acceptors (Lipinski definition) is 5. The number of para-hydroxylation sites is 2. The van der Waals surface area contributed by atoms with E-state index < -0.39 is 5.63 Å². The lowest BCUT2D eigenvalue weighted by Crippen LogP contribution is -3.04. The largest absolute Gasteiger partial charge is 0.507 e. The van der Waals surface area contributed by atoms with E-state index in [4.69, 9.17) is 8.83 Å². The van der Waals surface area contributed by atoms with Crippen LogP contribution in [0.1, 0.15) is 5.56 Å². The second-order valence-electron chi connectivity index (χ2n) is 6.30. The van der Waals surface area contributed by atoms with E-state index in [0.717, 1.165) is 4.90 Å². The first-order valence-corrected chi connectivity index (χ1v) is 7.96. The summed E-state index contributed by atoms with van der Waals surface area (Å²) in [5, 5.41) is 10.8. The molecule has 0 bridgehead atoms. The highest BCUT2D eigenvalue weighted by molar-refractivity contribution is 5.85. The van der Waals surface area contributed by atoms with Crippen LogP contribution in [-0.4, -0.2) is 24.2 Å². The van der Waals surface area contributed by atoms with Crippen molar-refractivity contribution >= 4 is 22.1 Å². The van der Waals surface area contributed by atoms with Crippen LogP contribution in [0.15, 0.2) is 56.1 Å². The zero-order valence-electron chi connectivity index (χ0n) is 13.9. The monoisotopic (exact) mass is 337 g/mol. The lowest BCUT2D eigenvalue weighted by atomic mass is 10.1. The Morgan fingerprint density at radius 1 is 1.12 bits per heavy atom. The Hall–Kier alpha value is -3.12. The van der Waals surface area contributed by atoms with E-state index in [2.05, 4.69) is 4.98 Å². The number of phenolic OH excluding ortho intramolecular Hbond substituents is 1. The van der Waals surface area contributed by atoms with Gasteiger partial charge in [0.1, 0.15) is 23.4 Å². The molecular weight excluding hydrogens is 320 g/mol. The molecule has 126 valence electrons. The normalized spacial score (nSPS) is 11.6. The van der Waals surface area contributed by atoms with Gasteiger partial charge < -0.3 is 18.8 Å². The molecule has 2 aromatic heterocycles. The van der Waals surface area contributed by atoms with Crippen molar-refractivity contribution in [2.45, 2.75) is 6.54 Å². The van der Waals surface area contributed by atoms with Gasteiger partial charge >= 0.3 is 5.63 Å².